The number of thiazole rings is 1. The lowest BCUT2D eigenvalue weighted by atomic mass is 10.1. The summed E-state index contributed by atoms with van der Waals surface area (Å²) in [6.45, 7) is 4.81. The molecule has 0 aliphatic heterocycles. The van der Waals surface area contributed by atoms with Crippen LogP contribution in [0.15, 0.2) is 66.7 Å². The summed E-state index contributed by atoms with van der Waals surface area (Å²) in [6, 6.07) is 22.0. The van der Waals surface area contributed by atoms with Crippen molar-refractivity contribution in [3.8, 4) is 5.75 Å². The molecule has 1 unspecified atom stereocenters. The number of hydrogen-bond donors (Lipinski definition) is 2. The monoisotopic (exact) mass is 435 g/mol. The molecule has 0 aliphatic rings. The fraction of sp³-hybridized carbons (Fsp3) is 0.250. The number of carbonyl (C=O) groups excluding carboxylic acids is 1. The SMILES string of the molecule is CC(C)NCC(COc1cccc2ccccc12)OC(=O)Nc1nc2ccccc2s1. The minimum absolute atomic E-state index is 0.237. The molecule has 0 spiro atoms. The zero-order valence-electron chi connectivity index (χ0n) is 17.5. The van der Waals surface area contributed by atoms with E-state index in [-0.39, 0.29) is 12.6 Å². The van der Waals surface area contributed by atoms with Gasteiger partial charge in [-0.1, -0.05) is 73.7 Å². The van der Waals surface area contributed by atoms with E-state index in [1.54, 1.807) is 0 Å². The van der Waals surface area contributed by atoms with Gasteiger partial charge in [-0.15, -0.1) is 0 Å². The molecule has 7 heteroatoms. The van der Waals surface area contributed by atoms with Crippen molar-refractivity contribution in [2.75, 3.05) is 18.5 Å². The van der Waals surface area contributed by atoms with E-state index in [2.05, 4.69) is 15.6 Å². The van der Waals surface area contributed by atoms with Gasteiger partial charge < -0.3 is 14.8 Å². The fourth-order valence-corrected chi connectivity index (χ4v) is 4.05. The van der Waals surface area contributed by atoms with Gasteiger partial charge in [0, 0.05) is 18.0 Å². The van der Waals surface area contributed by atoms with Crippen LogP contribution < -0.4 is 15.4 Å². The van der Waals surface area contributed by atoms with Gasteiger partial charge in [0.25, 0.3) is 0 Å². The lowest BCUT2D eigenvalue weighted by Crippen LogP contribution is -2.39. The van der Waals surface area contributed by atoms with E-state index in [4.69, 9.17) is 9.47 Å². The molecular formula is C24H25N3O3S. The molecule has 4 rings (SSSR count). The number of hydrogen-bond acceptors (Lipinski definition) is 6. The predicted octanol–water partition coefficient (Wildman–Crippen LogP) is 5.44. The molecule has 0 saturated heterocycles. The lowest BCUT2D eigenvalue weighted by molar-refractivity contribution is 0.0737. The van der Waals surface area contributed by atoms with Crippen molar-refractivity contribution >= 4 is 43.6 Å². The highest BCUT2D eigenvalue weighted by Gasteiger charge is 2.18. The quantitative estimate of drug-likeness (QED) is 0.385. The number of aromatic nitrogens is 1. The molecule has 4 aromatic rings. The molecule has 160 valence electrons. The third-order valence-corrected chi connectivity index (χ3v) is 5.66. The minimum atomic E-state index is -0.545. The van der Waals surface area contributed by atoms with E-state index < -0.39 is 12.2 Å². The van der Waals surface area contributed by atoms with Crippen LogP contribution in [-0.2, 0) is 4.74 Å². The summed E-state index contributed by atoms with van der Waals surface area (Å²) in [5.41, 5.74) is 0.847. The first-order valence-corrected chi connectivity index (χ1v) is 11.1. The minimum Gasteiger partial charge on any atom is -0.489 e. The maximum absolute atomic E-state index is 12.5. The Morgan fingerprint density at radius 1 is 1.03 bits per heavy atom. The van der Waals surface area contributed by atoms with Crippen molar-refractivity contribution in [2.45, 2.75) is 26.0 Å². The number of nitrogens with one attached hydrogen (secondary N) is 2. The van der Waals surface area contributed by atoms with Crippen molar-refractivity contribution in [1.82, 2.24) is 10.3 Å². The summed E-state index contributed by atoms with van der Waals surface area (Å²) in [6.07, 6.45) is -1.01. The summed E-state index contributed by atoms with van der Waals surface area (Å²) in [7, 11) is 0. The second kappa shape index (κ2) is 9.76. The molecule has 31 heavy (non-hydrogen) atoms. The van der Waals surface area contributed by atoms with E-state index in [1.165, 1.54) is 11.3 Å². The van der Waals surface area contributed by atoms with E-state index in [9.17, 15) is 4.79 Å². The molecule has 0 saturated carbocycles. The topological polar surface area (TPSA) is 72.5 Å². The van der Waals surface area contributed by atoms with Crippen molar-refractivity contribution in [3.05, 3.63) is 66.7 Å². The molecule has 0 bridgehead atoms. The number of para-hydroxylation sites is 1. The highest BCUT2D eigenvalue weighted by Crippen LogP contribution is 2.26. The Labute approximate surface area is 185 Å². The number of benzene rings is 3. The first-order chi connectivity index (χ1) is 15.1. The maximum atomic E-state index is 12.5. The highest BCUT2D eigenvalue weighted by atomic mass is 32.1. The Morgan fingerprint density at radius 2 is 1.81 bits per heavy atom. The summed E-state index contributed by atoms with van der Waals surface area (Å²) < 4.78 is 12.7. The van der Waals surface area contributed by atoms with Gasteiger partial charge in [0.1, 0.15) is 18.5 Å². The van der Waals surface area contributed by atoms with Crippen molar-refractivity contribution in [2.24, 2.45) is 0 Å². The van der Waals surface area contributed by atoms with Crippen LogP contribution in [0, 0.1) is 0 Å². The number of anilines is 1. The van der Waals surface area contributed by atoms with E-state index in [0.717, 1.165) is 26.7 Å². The van der Waals surface area contributed by atoms with Gasteiger partial charge >= 0.3 is 6.09 Å². The van der Waals surface area contributed by atoms with Crippen LogP contribution in [-0.4, -0.2) is 36.4 Å². The highest BCUT2D eigenvalue weighted by molar-refractivity contribution is 7.22. The first-order valence-electron chi connectivity index (χ1n) is 10.3. The zero-order chi connectivity index (χ0) is 21.6. The number of nitrogens with zero attached hydrogens (tertiary/aromatic N) is 1. The Kier molecular flexibility index (Phi) is 6.64. The van der Waals surface area contributed by atoms with Gasteiger partial charge in [0.15, 0.2) is 5.13 Å². The first kappa shape index (κ1) is 21.1. The summed E-state index contributed by atoms with van der Waals surface area (Å²) >= 11 is 1.41. The molecule has 0 aliphatic carbocycles. The van der Waals surface area contributed by atoms with Crippen molar-refractivity contribution in [1.29, 1.82) is 0 Å². The number of carbonyl (C=O) groups is 1. The fourth-order valence-electron chi connectivity index (χ4n) is 3.20. The Balaban J connectivity index is 1.42. The van der Waals surface area contributed by atoms with Crippen LogP contribution in [0.3, 0.4) is 0 Å². The number of fused-ring (bicyclic) bond motifs is 2. The maximum Gasteiger partial charge on any atom is 0.413 e. The lowest BCUT2D eigenvalue weighted by Gasteiger charge is -2.20. The zero-order valence-corrected chi connectivity index (χ0v) is 18.3. The van der Waals surface area contributed by atoms with Crippen LogP contribution in [0.4, 0.5) is 9.93 Å². The molecule has 2 N–H and O–H groups in total. The third-order valence-electron chi connectivity index (χ3n) is 4.70. The molecule has 1 heterocycles. The summed E-state index contributed by atoms with van der Waals surface area (Å²) in [5.74, 6) is 0.767. The van der Waals surface area contributed by atoms with E-state index in [1.807, 2.05) is 80.6 Å². The van der Waals surface area contributed by atoms with Crippen LogP contribution in [0.25, 0.3) is 21.0 Å². The molecule has 1 atom stereocenters. The van der Waals surface area contributed by atoms with Gasteiger partial charge in [-0.05, 0) is 23.6 Å². The van der Waals surface area contributed by atoms with Gasteiger partial charge in [0.05, 0.1) is 10.2 Å². The smallest absolute Gasteiger partial charge is 0.413 e. The average molecular weight is 436 g/mol. The number of ether oxygens (including phenoxy) is 2. The Hall–Kier alpha value is -3.16. The Morgan fingerprint density at radius 3 is 2.65 bits per heavy atom. The van der Waals surface area contributed by atoms with E-state index in [0.29, 0.717) is 11.7 Å². The van der Waals surface area contributed by atoms with Crippen LogP contribution in [0.5, 0.6) is 5.75 Å². The van der Waals surface area contributed by atoms with Gasteiger partial charge in [-0.25, -0.2) is 9.78 Å². The van der Waals surface area contributed by atoms with Crippen LogP contribution in [0.1, 0.15) is 13.8 Å². The number of rotatable bonds is 8. The summed E-state index contributed by atoms with van der Waals surface area (Å²) in [5, 5.41) is 8.69. The van der Waals surface area contributed by atoms with Gasteiger partial charge in [-0.2, -0.15) is 0 Å². The van der Waals surface area contributed by atoms with Crippen LogP contribution in [0.2, 0.25) is 0 Å². The third kappa shape index (κ3) is 5.51. The van der Waals surface area contributed by atoms with Crippen LogP contribution >= 0.6 is 11.3 Å². The van der Waals surface area contributed by atoms with Gasteiger partial charge in [-0.3, -0.25) is 5.32 Å². The average Bonchev–Trinajstić information content (AvgIpc) is 3.17. The summed E-state index contributed by atoms with van der Waals surface area (Å²) in [4.78, 5) is 16.9. The second-order valence-corrected chi connectivity index (χ2v) is 8.52. The number of amides is 1. The largest absolute Gasteiger partial charge is 0.489 e. The molecule has 1 amide bonds. The molecule has 6 nitrogen and oxygen atoms in total. The molecule has 0 fully saturated rings. The predicted molar refractivity (Wildman–Crippen MR) is 126 cm³/mol. The molecule has 1 aromatic heterocycles. The van der Waals surface area contributed by atoms with Crippen molar-refractivity contribution < 1.29 is 14.3 Å². The Bertz CT molecular complexity index is 1140. The standard InChI is InChI=1S/C24H25N3O3S/c1-16(2)25-14-18(15-29-21-12-7-9-17-8-3-4-10-19(17)21)30-24(28)27-23-26-20-11-5-6-13-22(20)31-23/h3-13,16,18,25H,14-15H2,1-2H3,(H,26,27,28). The molecular weight excluding hydrogens is 410 g/mol. The molecule has 0 radical (unpaired) electrons. The van der Waals surface area contributed by atoms with E-state index >= 15 is 0 Å². The molecule has 3 aromatic carbocycles. The second-order valence-electron chi connectivity index (χ2n) is 7.49. The van der Waals surface area contributed by atoms with Crippen molar-refractivity contribution in [3.63, 3.8) is 0 Å². The van der Waals surface area contributed by atoms with Gasteiger partial charge in [0.2, 0.25) is 0 Å². The normalized spacial score (nSPS) is 12.2.